The van der Waals surface area contributed by atoms with E-state index in [4.69, 9.17) is 0 Å². The molecule has 1 heteroatoms. The molecule has 1 atom stereocenters. The molecule has 0 bridgehead atoms. The Bertz CT molecular complexity index is 474. The zero-order valence-electron chi connectivity index (χ0n) is 9.54. The molecule has 0 aliphatic heterocycles. The van der Waals surface area contributed by atoms with Crippen molar-refractivity contribution in [1.82, 2.24) is 5.32 Å². The van der Waals surface area contributed by atoms with E-state index in [1.54, 1.807) is 0 Å². The van der Waals surface area contributed by atoms with Crippen LogP contribution in [0.1, 0.15) is 24.1 Å². The molecule has 0 saturated heterocycles. The molecule has 0 amide bonds. The van der Waals surface area contributed by atoms with E-state index in [1.807, 2.05) is 7.05 Å². The first-order valence-electron chi connectivity index (χ1n) is 5.39. The average Bonchev–Trinajstić information content (AvgIpc) is 2.29. The van der Waals surface area contributed by atoms with Gasteiger partial charge in [-0.05, 0) is 42.8 Å². The Balaban J connectivity index is 2.71. The smallest absolute Gasteiger partial charge is 0.0295 e. The summed E-state index contributed by atoms with van der Waals surface area (Å²) < 4.78 is 0. The Labute approximate surface area is 91.1 Å². The second-order valence-electron chi connectivity index (χ2n) is 4.03. The Hall–Kier alpha value is -1.34. The molecule has 1 nitrogen and oxygen atoms in total. The summed E-state index contributed by atoms with van der Waals surface area (Å²) in [5, 5.41) is 6.01. The van der Waals surface area contributed by atoms with Gasteiger partial charge in [0.1, 0.15) is 0 Å². The third kappa shape index (κ3) is 1.75. The SMILES string of the molecule is CNC(C)c1ccc(C)c2ccccc12. The maximum Gasteiger partial charge on any atom is 0.0295 e. The summed E-state index contributed by atoms with van der Waals surface area (Å²) in [6.45, 7) is 4.35. The summed E-state index contributed by atoms with van der Waals surface area (Å²) in [4.78, 5) is 0. The fraction of sp³-hybridized carbons (Fsp3) is 0.286. The molecule has 0 fully saturated rings. The Morgan fingerprint density at radius 2 is 1.67 bits per heavy atom. The highest BCUT2D eigenvalue weighted by molar-refractivity contribution is 5.88. The van der Waals surface area contributed by atoms with Crippen molar-refractivity contribution >= 4 is 10.8 Å². The van der Waals surface area contributed by atoms with Gasteiger partial charge in [0, 0.05) is 6.04 Å². The largest absolute Gasteiger partial charge is 0.313 e. The van der Waals surface area contributed by atoms with Gasteiger partial charge in [0.2, 0.25) is 0 Å². The van der Waals surface area contributed by atoms with Crippen LogP contribution in [0.2, 0.25) is 0 Å². The summed E-state index contributed by atoms with van der Waals surface area (Å²) in [7, 11) is 2.00. The van der Waals surface area contributed by atoms with E-state index in [1.165, 1.54) is 21.9 Å². The van der Waals surface area contributed by atoms with Crippen LogP contribution >= 0.6 is 0 Å². The summed E-state index contributed by atoms with van der Waals surface area (Å²) in [6, 6.07) is 13.4. The molecular formula is C14H17N. The lowest BCUT2D eigenvalue weighted by Gasteiger charge is -2.14. The van der Waals surface area contributed by atoms with Crippen LogP contribution in [0.3, 0.4) is 0 Å². The summed E-state index contributed by atoms with van der Waals surface area (Å²) >= 11 is 0. The summed E-state index contributed by atoms with van der Waals surface area (Å²) in [5.41, 5.74) is 2.72. The Morgan fingerprint density at radius 3 is 2.33 bits per heavy atom. The second-order valence-corrected chi connectivity index (χ2v) is 4.03. The first kappa shape index (κ1) is 10.2. The van der Waals surface area contributed by atoms with Crippen molar-refractivity contribution < 1.29 is 0 Å². The van der Waals surface area contributed by atoms with Gasteiger partial charge in [-0.2, -0.15) is 0 Å². The number of hydrogen-bond donors (Lipinski definition) is 1. The molecule has 1 N–H and O–H groups in total. The minimum atomic E-state index is 0.399. The van der Waals surface area contributed by atoms with E-state index in [0.717, 1.165) is 0 Å². The highest BCUT2D eigenvalue weighted by Gasteiger charge is 2.07. The minimum Gasteiger partial charge on any atom is -0.313 e. The fourth-order valence-corrected chi connectivity index (χ4v) is 2.01. The fourth-order valence-electron chi connectivity index (χ4n) is 2.01. The molecule has 0 saturated carbocycles. The zero-order chi connectivity index (χ0) is 10.8. The molecule has 0 radical (unpaired) electrons. The van der Waals surface area contributed by atoms with Crippen LogP contribution in [0, 0.1) is 6.92 Å². The molecule has 15 heavy (non-hydrogen) atoms. The van der Waals surface area contributed by atoms with Crippen LogP contribution in [-0.4, -0.2) is 7.05 Å². The topological polar surface area (TPSA) is 12.0 Å². The molecule has 2 aromatic carbocycles. The lowest BCUT2D eigenvalue weighted by molar-refractivity contribution is 0.657. The van der Waals surface area contributed by atoms with Crippen LogP contribution in [-0.2, 0) is 0 Å². The molecule has 0 aliphatic carbocycles. The van der Waals surface area contributed by atoms with Crippen LogP contribution in [0.15, 0.2) is 36.4 Å². The lowest BCUT2D eigenvalue weighted by atomic mass is 9.97. The van der Waals surface area contributed by atoms with Gasteiger partial charge in [-0.1, -0.05) is 36.4 Å². The Kier molecular flexibility index (Phi) is 2.74. The van der Waals surface area contributed by atoms with E-state index < -0.39 is 0 Å². The van der Waals surface area contributed by atoms with Gasteiger partial charge in [0.25, 0.3) is 0 Å². The highest BCUT2D eigenvalue weighted by Crippen LogP contribution is 2.26. The molecule has 0 aromatic heterocycles. The standard InChI is InChI=1S/C14H17N/c1-10-8-9-13(11(2)15-3)14-7-5-4-6-12(10)14/h4-9,11,15H,1-3H3. The molecule has 0 heterocycles. The van der Waals surface area contributed by atoms with Gasteiger partial charge in [-0.3, -0.25) is 0 Å². The van der Waals surface area contributed by atoms with E-state index in [2.05, 4.69) is 55.6 Å². The predicted octanol–water partition coefficient (Wildman–Crippen LogP) is 3.43. The number of rotatable bonds is 2. The van der Waals surface area contributed by atoms with Crippen molar-refractivity contribution in [3.05, 3.63) is 47.5 Å². The number of fused-ring (bicyclic) bond motifs is 1. The molecular weight excluding hydrogens is 182 g/mol. The Morgan fingerprint density at radius 1 is 1.00 bits per heavy atom. The second kappa shape index (κ2) is 4.03. The van der Waals surface area contributed by atoms with Crippen LogP contribution in [0.4, 0.5) is 0 Å². The average molecular weight is 199 g/mol. The molecule has 78 valence electrons. The molecule has 2 aromatic rings. The predicted molar refractivity (Wildman–Crippen MR) is 66.2 cm³/mol. The zero-order valence-corrected chi connectivity index (χ0v) is 9.54. The highest BCUT2D eigenvalue weighted by atomic mass is 14.9. The van der Waals surface area contributed by atoms with Crippen LogP contribution < -0.4 is 5.32 Å². The van der Waals surface area contributed by atoms with Crippen molar-refractivity contribution in [3.8, 4) is 0 Å². The van der Waals surface area contributed by atoms with Crippen molar-refractivity contribution in [2.45, 2.75) is 19.9 Å². The van der Waals surface area contributed by atoms with Gasteiger partial charge < -0.3 is 5.32 Å². The number of nitrogens with one attached hydrogen (secondary N) is 1. The molecule has 0 spiro atoms. The van der Waals surface area contributed by atoms with Crippen molar-refractivity contribution in [3.63, 3.8) is 0 Å². The van der Waals surface area contributed by atoms with E-state index in [0.29, 0.717) is 6.04 Å². The monoisotopic (exact) mass is 199 g/mol. The molecule has 1 unspecified atom stereocenters. The number of aryl methyl sites for hydroxylation is 1. The minimum absolute atomic E-state index is 0.399. The first-order chi connectivity index (χ1) is 7.24. The van der Waals surface area contributed by atoms with E-state index >= 15 is 0 Å². The number of benzene rings is 2. The summed E-state index contributed by atoms with van der Waals surface area (Å²) in [5.74, 6) is 0. The summed E-state index contributed by atoms with van der Waals surface area (Å²) in [6.07, 6.45) is 0. The lowest BCUT2D eigenvalue weighted by Crippen LogP contribution is -2.12. The van der Waals surface area contributed by atoms with Gasteiger partial charge in [-0.25, -0.2) is 0 Å². The van der Waals surface area contributed by atoms with Gasteiger partial charge in [0.05, 0.1) is 0 Å². The van der Waals surface area contributed by atoms with Gasteiger partial charge >= 0.3 is 0 Å². The normalized spacial score (nSPS) is 13.0. The molecule has 0 aliphatic rings. The van der Waals surface area contributed by atoms with Crippen molar-refractivity contribution in [2.24, 2.45) is 0 Å². The van der Waals surface area contributed by atoms with Gasteiger partial charge in [0.15, 0.2) is 0 Å². The van der Waals surface area contributed by atoms with Crippen molar-refractivity contribution in [1.29, 1.82) is 0 Å². The van der Waals surface area contributed by atoms with Crippen molar-refractivity contribution in [2.75, 3.05) is 7.05 Å². The van der Waals surface area contributed by atoms with E-state index in [-0.39, 0.29) is 0 Å². The number of hydrogen-bond acceptors (Lipinski definition) is 1. The van der Waals surface area contributed by atoms with Crippen LogP contribution in [0.5, 0.6) is 0 Å². The van der Waals surface area contributed by atoms with E-state index in [9.17, 15) is 0 Å². The van der Waals surface area contributed by atoms with Gasteiger partial charge in [-0.15, -0.1) is 0 Å². The van der Waals surface area contributed by atoms with Crippen LogP contribution in [0.25, 0.3) is 10.8 Å². The molecule has 2 rings (SSSR count). The third-order valence-corrected chi connectivity index (χ3v) is 3.08. The third-order valence-electron chi connectivity index (χ3n) is 3.08. The maximum absolute atomic E-state index is 3.29. The first-order valence-corrected chi connectivity index (χ1v) is 5.39. The maximum atomic E-state index is 3.29. The quantitative estimate of drug-likeness (QED) is 0.781.